The Morgan fingerprint density at radius 3 is 2.05 bits per heavy atom. The summed E-state index contributed by atoms with van der Waals surface area (Å²) >= 11 is 6.24. The summed E-state index contributed by atoms with van der Waals surface area (Å²) in [5.74, 6) is -0.368. The van der Waals surface area contributed by atoms with Crippen LogP contribution in [-0.2, 0) is 10.1 Å². The zero-order valence-corrected chi connectivity index (χ0v) is 17.8. The normalized spacial score (nSPS) is 11.3. The molecule has 2 aromatic rings. The lowest BCUT2D eigenvalue weighted by molar-refractivity contribution is 0.0732. The molecule has 0 aromatic heterocycles. The highest BCUT2D eigenvalue weighted by atomic mass is 127. The van der Waals surface area contributed by atoms with Crippen LogP contribution in [0.4, 0.5) is 0 Å². The number of halogens is 3. The van der Waals surface area contributed by atoms with Crippen molar-refractivity contribution in [1.29, 1.82) is 0 Å². The third-order valence-corrected chi connectivity index (χ3v) is 7.37. The molecule has 0 aliphatic carbocycles. The van der Waals surface area contributed by atoms with Gasteiger partial charge in [0.15, 0.2) is 0 Å². The summed E-state index contributed by atoms with van der Waals surface area (Å²) in [5, 5.41) is 0. The first kappa shape index (κ1) is 18.4. The van der Waals surface area contributed by atoms with E-state index in [4.69, 9.17) is 4.74 Å². The van der Waals surface area contributed by atoms with Gasteiger partial charge in [-0.25, -0.2) is 13.2 Å². The first-order valence-electron chi connectivity index (χ1n) is 5.62. The summed E-state index contributed by atoms with van der Waals surface area (Å²) in [5.41, 5.74) is 0.452. The molecule has 0 N–H and O–H groups in total. The maximum atomic E-state index is 12.3. The van der Waals surface area contributed by atoms with Crippen molar-refractivity contribution < 1.29 is 22.5 Å². The molecule has 0 unspecified atom stereocenters. The Labute approximate surface area is 168 Å². The Morgan fingerprint density at radius 2 is 1.50 bits per heavy atom. The Balaban J connectivity index is 2.29. The van der Waals surface area contributed by atoms with Gasteiger partial charge >= 0.3 is 5.97 Å². The number of benzene rings is 2. The molecule has 0 heterocycles. The van der Waals surface area contributed by atoms with Crippen LogP contribution in [0.3, 0.4) is 0 Å². The molecule has 22 heavy (non-hydrogen) atoms. The van der Waals surface area contributed by atoms with Gasteiger partial charge in [-0.05, 0) is 104 Å². The fourth-order valence-electron chi connectivity index (χ4n) is 1.55. The molecule has 0 aliphatic rings. The third-order valence-electron chi connectivity index (χ3n) is 2.57. The largest absolute Gasteiger partial charge is 0.744 e. The Morgan fingerprint density at radius 1 is 0.955 bits per heavy atom. The fourth-order valence-corrected chi connectivity index (χ4v) is 4.34. The van der Waals surface area contributed by atoms with Gasteiger partial charge in [-0.3, -0.25) is 0 Å². The molecule has 0 radical (unpaired) electrons. The summed E-state index contributed by atoms with van der Waals surface area (Å²) in [4.78, 5) is 11.9. The van der Waals surface area contributed by atoms with Crippen molar-refractivity contribution in [1.82, 2.24) is 0 Å². The van der Waals surface area contributed by atoms with Crippen LogP contribution in [0.2, 0.25) is 0 Å². The number of carbonyl (C=O) groups is 1. The molecule has 0 atom stereocenters. The van der Waals surface area contributed by atoms with Crippen LogP contribution >= 0.6 is 67.8 Å². The molecule has 0 fully saturated rings. The Bertz CT molecular complexity index is 831. The Hall–Kier alpha value is 0.0100. The minimum atomic E-state index is -4.51. The van der Waals surface area contributed by atoms with Crippen molar-refractivity contribution in [3.8, 4) is 5.75 Å². The minimum Gasteiger partial charge on any atom is -0.744 e. The van der Waals surface area contributed by atoms with Crippen molar-refractivity contribution in [2.75, 3.05) is 0 Å². The lowest BCUT2D eigenvalue weighted by atomic mass is 10.2. The first-order chi connectivity index (χ1) is 10.2. The van der Waals surface area contributed by atoms with Gasteiger partial charge in [0.05, 0.1) is 10.5 Å². The van der Waals surface area contributed by atoms with Crippen LogP contribution < -0.4 is 4.74 Å². The lowest BCUT2D eigenvalue weighted by Crippen LogP contribution is -2.13. The van der Waals surface area contributed by atoms with Gasteiger partial charge in [0.25, 0.3) is 0 Å². The fraction of sp³-hybridized carbons (Fsp3) is 0. The van der Waals surface area contributed by atoms with Crippen LogP contribution in [0.25, 0.3) is 0 Å². The molecule has 0 saturated carbocycles. The smallest absolute Gasteiger partial charge is 0.345 e. The highest BCUT2D eigenvalue weighted by Crippen LogP contribution is 2.26. The van der Waals surface area contributed by atoms with Crippen molar-refractivity contribution in [2.45, 2.75) is 4.90 Å². The van der Waals surface area contributed by atoms with Crippen molar-refractivity contribution in [3.05, 3.63) is 52.7 Å². The highest BCUT2D eigenvalue weighted by molar-refractivity contribution is 14.1. The first-order valence-corrected chi connectivity index (χ1v) is 10.3. The van der Waals surface area contributed by atoms with E-state index >= 15 is 0 Å². The van der Waals surface area contributed by atoms with E-state index < -0.39 is 16.1 Å². The monoisotopic (exact) mass is 655 g/mol. The average Bonchev–Trinajstić information content (AvgIpc) is 2.43. The number of carbonyl (C=O) groups excluding carboxylic acids is 1. The van der Waals surface area contributed by atoms with Crippen LogP contribution in [0.15, 0.2) is 41.3 Å². The summed E-state index contributed by atoms with van der Waals surface area (Å²) in [6, 6.07) is 8.47. The molecule has 0 amide bonds. The Kier molecular flexibility index (Phi) is 6.07. The molecule has 0 spiro atoms. The van der Waals surface area contributed by atoms with E-state index in [2.05, 4.69) is 45.2 Å². The van der Waals surface area contributed by atoms with E-state index in [1.54, 1.807) is 0 Å². The third kappa shape index (κ3) is 4.30. The molecule has 116 valence electrons. The van der Waals surface area contributed by atoms with Crippen LogP contribution in [0.1, 0.15) is 10.4 Å². The molecule has 2 rings (SSSR count). The lowest BCUT2D eigenvalue weighted by Gasteiger charge is -2.10. The highest BCUT2D eigenvalue weighted by Gasteiger charge is 2.18. The number of esters is 1. The van der Waals surface area contributed by atoms with Crippen LogP contribution in [0, 0.1) is 10.7 Å². The van der Waals surface area contributed by atoms with E-state index in [0.717, 1.165) is 22.8 Å². The standard InChI is InChI=1S/C13H7I3O5S/c14-9-5-6-10(15)12(16)11(9)13(17)21-7-1-3-8(4-2-7)22(18,19)20/h1-6H,(H,18,19,20)/p-1. The zero-order chi connectivity index (χ0) is 16.5. The van der Waals surface area contributed by atoms with Gasteiger partial charge in [-0.15, -0.1) is 0 Å². The SMILES string of the molecule is O=C(Oc1ccc(S(=O)(=O)[O-])cc1)c1c(I)ccc(I)c1I. The van der Waals surface area contributed by atoms with Crippen LogP contribution in [-0.4, -0.2) is 18.9 Å². The maximum Gasteiger partial charge on any atom is 0.345 e. The van der Waals surface area contributed by atoms with E-state index in [1.807, 2.05) is 34.7 Å². The molecular formula is C13H6I3O5S-. The van der Waals surface area contributed by atoms with Crippen LogP contribution in [0.5, 0.6) is 5.75 Å². The van der Waals surface area contributed by atoms with E-state index in [0.29, 0.717) is 5.56 Å². The van der Waals surface area contributed by atoms with Gasteiger partial charge < -0.3 is 9.29 Å². The molecule has 5 nitrogen and oxygen atoms in total. The average molecular weight is 655 g/mol. The molecule has 0 saturated heterocycles. The molecule has 0 aliphatic heterocycles. The predicted molar refractivity (Wildman–Crippen MR) is 104 cm³/mol. The molecule has 9 heteroatoms. The van der Waals surface area contributed by atoms with Crippen molar-refractivity contribution in [3.63, 3.8) is 0 Å². The quantitative estimate of drug-likeness (QED) is 0.166. The van der Waals surface area contributed by atoms with Gasteiger partial charge in [0, 0.05) is 10.7 Å². The summed E-state index contributed by atoms with van der Waals surface area (Å²) in [6.07, 6.45) is 0. The summed E-state index contributed by atoms with van der Waals surface area (Å²) < 4.78 is 40.3. The van der Waals surface area contributed by atoms with Gasteiger partial charge in [0.2, 0.25) is 0 Å². The van der Waals surface area contributed by atoms with E-state index in [-0.39, 0.29) is 10.6 Å². The predicted octanol–water partition coefficient (Wildman–Crippen LogP) is 3.62. The van der Waals surface area contributed by atoms with E-state index in [9.17, 15) is 17.8 Å². The maximum absolute atomic E-state index is 12.3. The topological polar surface area (TPSA) is 83.5 Å². The van der Waals surface area contributed by atoms with Gasteiger partial charge in [-0.2, -0.15) is 0 Å². The second-order valence-electron chi connectivity index (χ2n) is 4.03. The second-order valence-corrected chi connectivity index (χ2v) is 8.82. The van der Waals surface area contributed by atoms with Gasteiger partial charge in [0.1, 0.15) is 15.9 Å². The molecule has 0 bridgehead atoms. The molecule has 2 aromatic carbocycles. The van der Waals surface area contributed by atoms with E-state index in [1.165, 1.54) is 12.1 Å². The number of hydrogen-bond donors (Lipinski definition) is 0. The van der Waals surface area contributed by atoms with Crippen molar-refractivity contribution >= 4 is 83.9 Å². The number of ether oxygens (including phenoxy) is 1. The number of rotatable bonds is 3. The number of hydrogen-bond acceptors (Lipinski definition) is 5. The van der Waals surface area contributed by atoms with Gasteiger partial charge in [-0.1, -0.05) is 0 Å². The van der Waals surface area contributed by atoms with Crippen molar-refractivity contribution in [2.24, 2.45) is 0 Å². The zero-order valence-electron chi connectivity index (χ0n) is 10.5. The second kappa shape index (κ2) is 7.27. The minimum absolute atomic E-state index is 0.169. The molecular weight excluding hydrogens is 649 g/mol. The summed E-state index contributed by atoms with van der Waals surface area (Å²) in [7, 11) is -4.51. The summed E-state index contributed by atoms with van der Waals surface area (Å²) in [6.45, 7) is 0.